The van der Waals surface area contributed by atoms with E-state index in [0.29, 0.717) is 25.5 Å². The predicted molar refractivity (Wildman–Crippen MR) is 131 cm³/mol. The number of halogens is 1. The van der Waals surface area contributed by atoms with Gasteiger partial charge in [0.15, 0.2) is 0 Å². The molecule has 0 saturated heterocycles. The highest BCUT2D eigenvalue weighted by atomic mass is 35.5. The van der Waals surface area contributed by atoms with Crippen LogP contribution in [-0.4, -0.2) is 41.5 Å². The molecule has 32 heavy (non-hydrogen) atoms. The van der Waals surface area contributed by atoms with Gasteiger partial charge in [-0.3, -0.25) is 0 Å². The first kappa shape index (κ1) is 20.8. The number of pyridine rings is 2. The average Bonchev–Trinajstić information content (AvgIpc) is 2.82. The van der Waals surface area contributed by atoms with Crippen LogP contribution in [0.25, 0.3) is 21.8 Å². The van der Waals surface area contributed by atoms with Gasteiger partial charge in [0, 0.05) is 36.3 Å². The summed E-state index contributed by atoms with van der Waals surface area (Å²) in [5.74, 6) is 2.22. The van der Waals surface area contributed by atoms with Gasteiger partial charge < -0.3 is 15.5 Å². The minimum atomic E-state index is -0.200. The number of nitrogens with one attached hydrogen (secondary N) is 2. The van der Waals surface area contributed by atoms with Crippen molar-refractivity contribution >= 4 is 62.8 Å². The second-order valence-electron chi connectivity index (χ2n) is 7.48. The maximum atomic E-state index is 11.8. The summed E-state index contributed by atoms with van der Waals surface area (Å²) in [6.07, 6.45) is 0.751. The number of anilines is 2. The van der Waals surface area contributed by atoms with E-state index >= 15 is 0 Å². The molecule has 2 amide bonds. The van der Waals surface area contributed by atoms with E-state index in [0.717, 1.165) is 49.7 Å². The molecule has 6 nitrogen and oxygen atoms in total. The van der Waals surface area contributed by atoms with Crippen LogP contribution < -0.4 is 15.5 Å². The monoisotopic (exact) mass is 463 g/mol. The summed E-state index contributed by atoms with van der Waals surface area (Å²) in [4.78, 5) is 26.2. The summed E-state index contributed by atoms with van der Waals surface area (Å²) in [6.45, 7) is 1.68. The van der Waals surface area contributed by atoms with Crippen molar-refractivity contribution in [2.24, 2.45) is 0 Å². The Morgan fingerprint density at radius 2 is 1.44 bits per heavy atom. The summed E-state index contributed by atoms with van der Waals surface area (Å²) < 4.78 is 0. The molecule has 2 N–H and O–H groups in total. The molecular formula is C24H22ClN5OS. The van der Waals surface area contributed by atoms with Crippen LogP contribution in [0.5, 0.6) is 0 Å². The number of fused-ring (bicyclic) bond motifs is 4. The third-order valence-corrected chi connectivity index (χ3v) is 6.53. The number of alkyl halides is 1. The van der Waals surface area contributed by atoms with Gasteiger partial charge in [0.2, 0.25) is 0 Å². The molecule has 1 aliphatic heterocycles. The van der Waals surface area contributed by atoms with Crippen molar-refractivity contribution in [1.29, 1.82) is 0 Å². The maximum Gasteiger partial charge on any atom is 0.314 e. The van der Waals surface area contributed by atoms with Crippen molar-refractivity contribution in [2.45, 2.75) is 16.2 Å². The Kier molecular flexibility index (Phi) is 6.01. The molecule has 2 aromatic heterocycles. The molecule has 0 atom stereocenters. The SMILES string of the molecule is O=C(NCCCl)NCCCN1c2nc3ccccc3cc2Sc2cc3ccccc3nc21. The zero-order chi connectivity index (χ0) is 21.9. The minimum absolute atomic E-state index is 0.200. The highest BCUT2D eigenvalue weighted by Gasteiger charge is 2.27. The third kappa shape index (κ3) is 4.18. The molecule has 0 aliphatic carbocycles. The van der Waals surface area contributed by atoms with E-state index < -0.39 is 0 Å². The van der Waals surface area contributed by atoms with Crippen LogP contribution in [0.2, 0.25) is 0 Å². The molecule has 0 unspecified atom stereocenters. The van der Waals surface area contributed by atoms with Gasteiger partial charge in [-0.05, 0) is 30.7 Å². The summed E-state index contributed by atoms with van der Waals surface area (Å²) >= 11 is 7.33. The zero-order valence-electron chi connectivity index (χ0n) is 17.3. The maximum absolute atomic E-state index is 11.8. The molecule has 0 radical (unpaired) electrons. The molecule has 8 heteroatoms. The first-order valence-electron chi connectivity index (χ1n) is 10.6. The standard InChI is InChI=1S/C24H22ClN5OS/c25-10-12-27-24(31)26-11-5-13-30-22-20(14-16-6-1-3-8-18(16)28-22)32-21-15-17-7-2-4-9-19(17)29-23(21)30/h1-4,6-9,14-15H,5,10-13H2,(H2,26,27,31). The average molecular weight is 464 g/mol. The lowest BCUT2D eigenvalue weighted by Crippen LogP contribution is -2.38. The van der Waals surface area contributed by atoms with Gasteiger partial charge in [-0.25, -0.2) is 14.8 Å². The molecule has 0 fully saturated rings. The van der Waals surface area contributed by atoms with Crippen molar-refractivity contribution in [1.82, 2.24) is 20.6 Å². The smallest absolute Gasteiger partial charge is 0.314 e. The van der Waals surface area contributed by atoms with Crippen LogP contribution in [0.4, 0.5) is 16.4 Å². The van der Waals surface area contributed by atoms with E-state index in [1.807, 2.05) is 36.4 Å². The van der Waals surface area contributed by atoms with E-state index in [9.17, 15) is 4.79 Å². The quantitative estimate of drug-likeness (QED) is 0.299. The van der Waals surface area contributed by atoms with E-state index in [1.165, 1.54) is 0 Å². The van der Waals surface area contributed by atoms with Crippen LogP contribution >= 0.6 is 23.4 Å². The Morgan fingerprint density at radius 1 is 0.875 bits per heavy atom. The van der Waals surface area contributed by atoms with E-state index in [2.05, 4.69) is 39.8 Å². The molecule has 3 heterocycles. The number of carbonyl (C=O) groups excluding carboxylic acids is 1. The van der Waals surface area contributed by atoms with Crippen LogP contribution in [-0.2, 0) is 0 Å². The van der Waals surface area contributed by atoms with E-state index in [-0.39, 0.29) is 6.03 Å². The number of hydrogen-bond donors (Lipinski definition) is 2. The predicted octanol–water partition coefficient (Wildman–Crippen LogP) is 5.31. The molecule has 5 rings (SSSR count). The molecule has 4 aromatic rings. The van der Waals surface area contributed by atoms with Crippen LogP contribution in [0.1, 0.15) is 6.42 Å². The van der Waals surface area contributed by atoms with Gasteiger partial charge in [0.25, 0.3) is 0 Å². The fourth-order valence-corrected chi connectivity index (χ4v) is 5.00. The number of nitrogens with zero attached hydrogens (tertiary/aromatic N) is 3. The number of benzene rings is 2. The Bertz CT molecular complexity index is 1210. The topological polar surface area (TPSA) is 70.2 Å². The summed E-state index contributed by atoms with van der Waals surface area (Å²) in [5.41, 5.74) is 1.92. The number of amides is 2. The van der Waals surface area contributed by atoms with Gasteiger partial charge in [-0.2, -0.15) is 0 Å². The summed E-state index contributed by atoms with van der Waals surface area (Å²) in [6, 6.07) is 20.5. The molecule has 0 bridgehead atoms. The normalized spacial score (nSPS) is 12.5. The lowest BCUT2D eigenvalue weighted by Gasteiger charge is -2.31. The third-order valence-electron chi connectivity index (χ3n) is 5.30. The van der Waals surface area contributed by atoms with Gasteiger partial charge in [0.05, 0.1) is 20.8 Å². The number of aromatic nitrogens is 2. The van der Waals surface area contributed by atoms with Crippen molar-refractivity contribution < 1.29 is 4.79 Å². The number of carbonyl (C=O) groups is 1. The van der Waals surface area contributed by atoms with Gasteiger partial charge in [0.1, 0.15) is 11.6 Å². The van der Waals surface area contributed by atoms with Crippen LogP contribution in [0.3, 0.4) is 0 Å². The van der Waals surface area contributed by atoms with Gasteiger partial charge in [-0.15, -0.1) is 11.6 Å². The molecule has 162 valence electrons. The van der Waals surface area contributed by atoms with Crippen molar-refractivity contribution in [3.05, 3.63) is 60.7 Å². The fourth-order valence-electron chi connectivity index (χ4n) is 3.80. The van der Waals surface area contributed by atoms with Gasteiger partial charge in [-0.1, -0.05) is 48.2 Å². The van der Waals surface area contributed by atoms with Gasteiger partial charge >= 0.3 is 6.03 Å². The zero-order valence-corrected chi connectivity index (χ0v) is 18.9. The molecular weight excluding hydrogens is 442 g/mol. The molecule has 0 saturated carbocycles. The minimum Gasteiger partial charge on any atom is -0.338 e. The highest BCUT2D eigenvalue weighted by Crippen LogP contribution is 2.48. The molecule has 0 spiro atoms. The number of para-hydroxylation sites is 2. The summed E-state index contributed by atoms with van der Waals surface area (Å²) in [7, 11) is 0. The first-order chi connectivity index (χ1) is 15.7. The Morgan fingerprint density at radius 3 is 2.03 bits per heavy atom. The largest absolute Gasteiger partial charge is 0.338 e. The second kappa shape index (κ2) is 9.22. The summed E-state index contributed by atoms with van der Waals surface area (Å²) in [5, 5.41) is 7.84. The number of hydrogen-bond acceptors (Lipinski definition) is 5. The van der Waals surface area contributed by atoms with Crippen molar-refractivity contribution in [2.75, 3.05) is 30.4 Å². The van der Waals surface area contributed by atoms with Crippen LogP contribution in [0.15, 0.2) is 70.5 Å². The molecule has 1 aliphatic rings. The Labute approximate surface area is 195 Å². The molecule has 2 aromatic carbocycles. The number of rotatable bonds is 6. The van der Waals surface area contributed by atoms with Crippen molar-refractivity contribution in [3.63, 3.8) is 0 Å². The fraction of sp³-hybridized carbons (Fsp3) is 0.208. The van der Waals surface area contributed by atoms with E-state index in [4.69, 9.17) is 21.6 Å². The lowest BCUT2D eigenvalue weighted by molar-refractivity contribution is 0.241. The Balaban J connectivity index is 1.47. The first-order valence-corrected chi connectivity index (χ1v) is 11.9. The lowest BCUT2D eigenvalue weighted by atomic mass is 10.2. The Hall–Kier alpha value is -3.03. The van der Waals surface area contributed by atoms with E-state index in [1.54, 1.807) is 11.8 Å². The van der Waals surface area contributed by atoms with Crippen LogP contribution in [0, 0.1) is 0 Å². The van der Waals surface area contributed by atoms with Crippen molar-refractivity contribution in [3.8, 4) is 0 Å². The number of urea groups is 1. The second-order valence-corrected chi connectivity index (χ2v) is 8.95. The highest BCUT2D eigenvalue weighted by molar-refractivity contribution is 7.99.